The molecule has 0 spiro atoms. The molecule has 1 aromatic heterocycles. The molecule has 0 saturated carbocycles. The molecular weight excluding hydrogens is 150 g/mol. The summed E-state index contributed by atoms with van der Waals surface area (Å²) in [4.78, 5) is 0. The molecule has 0 aliphatic heterocycles. The quantitative estimate of drug-likeness (QED) is 0.679. The minimum Gasteiger partial charge on any atom is -0.476 e. The van der Waals surface area contributed by atoms with Crippen LogP contribution in [-0.2, 0) is 5.75 Å². The predicted octanol–water partition coefficient (Wildman–Crippen LogP) is 1.50. The zero-order valence-electron chi connectivity index (χ0n) is 5.70. The van der Waals surface area contributed by atoms with E-state index in [1.807, 2.05) is 6.92 Å². The Morgan fingerprint density at radius 1 is 1.80 bits per heavy atom. The predicted molar refractivity (Wildman–Crippen MR) is 40.4 cm³/mol. The van der Waals surface area contributed by atoms with E-state index in [1.165, 1.54) is 0 Å². The second kappa shape index (κ2) is 3.51. The zero-order valence-corrected chi connectivity index (χ0v) is 6.60. The highest BCUT2D eigenvalue weighted by atomic mass is 32.1. The summed E-state index contributed by atoms with van der Waals surface area (Å²) in [5, 5.41) is 3.63. The number of aromatic nitrogens is 1. The van der Waals surface area contributed by atoms with Gasteiger partial charge in [0.15, 0.2) is 0 Å². The molecule has 4 heteroatoms. The molecule has 0 saturated heterocycles. The molecule has 3 nitrogen and oxygen atoms in total. The van der Waals surface area contributed by atoms with Gasteiger partial charge in [-0.05, 0) is 12.1 Å². The van der Waals surface area contributed by atoms with E-state index in [9.17, 15) is 0 Å². The van der Waals surface area contributed by atoms with Crippen molar-refractivity contribution in [1.29, 1.82) is 0 Å². The third-order valence-electron chi connectivity index (χ3n) is 0.985. The van der Waals surface area contributed by atoms with Crippen molar-refractivity contribution in [3.05, 3.63) is 11.8 Å². The molecule has 0 amide bonds. The molecule has 0 N–H and O–H groups in total. The molecule has 0 aliphatic carbocycles. The SMILES string of the molecule is CCOc1cc(CS)on1. The molecule has 0 radical (unpaired) electrons. The van der Waals surface area contributed by atoms with Gasteiger partial charge < -0.3 is 9.26 Å². The summed E-state index contributed by atoms with van der Waals surface area (Å²) in [6, 6.07) is 1.73. The van der Waals surface area contributed by atoms with Crippen molar-refractivity contribution >= 4 is 12.6 Å². The van der Waals surface area contributed by atoms with Crippen LogP contribution in [0.25, 0.3) is 0 Å². The van der Waals surface area contributed by atoms with Gasteiger partial charge in [-0.1, -0.05) is 0 Å². The lowest BCUT2D eigenvalue weighted by atomic mass is 10.5. The number of rotatable bonds is 3. The summed E-state index contributed by atoms with van der Waals surface area (Å²) >= 11 is 4.00. The summed E-state index contributed by atoms with van der Waals surface area (Å²) in [7, 11) is 0. The maximum Gasteiger partial charge on any atom is 0.254 e. The van der Waals surface area contributed by atoms with Crippen LogP contribution in [0.1, 0.15) is 12.7 Å². The fraction of sp³-hybridized carbons (Fsp3) is 0.500. The van der Waals surface area contributed by atoms with E-state index < -0.39 is 0 Å². The van der Waals surface area contributed by atoms with Gasteiger partial charge in [-0.25, -0.2) is 0 Å². The van der Waals surface area contributed by atoms with Gasteiger partial charge in [0.2, 0.25) is 0 Å². The zero-order chi connectivity index (χ0) is 7.40. The molecule has 0 aromatic carbocycles. The molecule has 0 atom stereocenters. The number of nitrogens with zero attached hydrogens (tertiary/aromatic N) is 1. The average Bonchev–Trinajstić information content (AvgIpc) is 2.37. The van der Waals surface area contributed by atoms with Crippen LogP contribution in [0.4, 0.5) is 0 Å². The summed E-state index contributed by atoms with van der Waals surface area (Å²) < 4.78 is 9.86. The van der Waals surface area contributed by atoms with E-state index in [1.54, 1.807) is 6.07 Å². The van der Waals surface area contributed by atoms with Crippen LogP contribution in [0, 0.1) is 0 Å². The Labute approximate surface area is 64.8 Å². The van der Waals surface area contributed by atoms with E-state index in [2.05, 4.69) is 17.8 Å². The monoisotopic (exact) mass is 159 g/mol. The average molecular weight is 159 g/mol. The third kappa shape index (κ3) is 1.67. The summed E-state index contributed by atoms with van der Waals surface area (Å²) in [5.74, 6) is 1.82. The third-order valence-corrected chi connectivity index (χ3v) is 1.30. The minimum absolute atomic E-state index is 0.534. The topological polar surface area (TPSA) is 35.3 Å². The first-order chi connectivity index (χ1) is 4.86. The van der Waals surface area contributed by atoms with E-state index >= 15 is 0 Å². The normalized spacial score (nSPS) is 9.80. The number of ether oxygens (including phenoxy) is 1. The van der Waals surface area contributed by atoms with Crippen LogP contribution >= 0.6 is 12.6 Å². The van der Waals surface area contributed by atoms with Crippen molar-refractivity contribution in [2.75, 3.05) is 6.61 Å². The number of thiol groups is 1. The highest BCUT2D eigenvalue weighted by molar-refractivity contribution is 7.79. The molecule has 0 aliphatic rings. The van der Waals surface area contributed by atoms with Gasteiger partial charge in [0, 0.05) is 6.07 Å². The smallest absolute Gasteiger partial charge is 0.254 e. The first kappa shape index (κ1) is 7.47. The van der Waals surface area contributed by atoms with Crippen LogP contribution in [0.5, 0.6) is 5.88 Å². The molecule has 56 valence electrons. The first-order valence-corrected chi connectivity index (χ1v) is 3.69. The second-order valence-corrected chi connectivity index (χ2v) is 2.04. The van der Waals surface area contributed by atoms with E-state index in [4.69, 9.17) is 9.26 Å². The van der Waals surface area contributed by atoms with Gasteiger partial charge in [-0.15, -0.1) is 0 Å². The Kier molecular flexibility index (Phi) is 2.62. The lowest BCUT2D eigenvalue weighted by molar-refractivity contribution is 0.291. The van der Waals surface area contributed by atoms with Crippen LogP contribution in [0.3, 0.4) is 0 Å². The highest BCUT2D eigenvalue weighted by Gasteiger charge is 2.00. The maximum atomic E-state index is 5.05. The standard InChI is InChI=1S/C6H9NO2S/c1-2-8-6-3-5(4-10)9-7-6/h3,10H,2,4H2,1H3. The van der Waals surface area contributed by atoms with Crippen molar-refractivity contribution in [2.24, 2.45) is 0 Å². The van der Waals surface area contributed by atoms with Crippen LogP contribution in [-0.4, -0.2) is 11.8 Å². The van der Waals surface area contributed by atoms with E-state index in [0.717, 1.165) is 5.76 Å². The van der Waals surface area contributed by atoms with E-state index in [0.29, 0.717) is 18.2 Å². The molecular formula is C6H9NO2S. The minimum atomic E-state index is 0.534. The molecule has 0 bridgehead atoms. The van der Waals surface area contributed by atoms with Crippen LogP contribution in [0.2, 0.25) is 0 Å². The fourth-order valence-electron chi connectivity index (χ4n) is 0.584. The molecule has 1 heterocycles. The Hall–Kier alpha value is -0.640. The van der Waals surface area contributed by atoms with Gasteiger partial charge in [-0.3, -0.25) is 0 Å². The Morgan fingerprint density at radius 3 is 3.10 bits per heavy atom. The lowest BCUT2D eigenvalue weighted by Gasteiger charge is -1.91. The second-order valence-electron chi connectivity index (χ2n) is 1.72. The van der Waals surface area contributed by atoms with Gasteiger partial charge in [0.1, 0.15) is 5.76 Å². The van der Waals surface area contributed by atoms with Gasteiger partial charge in [-0.2, -0.15) is 12.6 Å². The Balaban J connectivity index is 2.59. The van der Waals surface area contributed by atoms with Crippen LogP contribution < -0.4 is 4.74 Å². The highest BCUT2D eigenvalue weighted by Crippen LogP contribution is 2.12. The van der Waals surface area contributed by atoms with Crippen molar-refractivity contribution in [3.63, 3.8) is 0 Å². The number of hydrogen-bond donors (Lipinski definition) is 1. The van der Waals surface area contributed by atoms with Gasteiger partial charge in [0.05, 0.1) is 12.4 Å². The summed E-state index contributed by atoms with van der Waals surface area (Å²) in [5.41, 5.74) is 0. The first-order valence-electron chi connectivity index (χ1n) is 3.06. The number of hydrogen-bond acceptors (Lipinski definition) is 4. The molecule has 1 aromatic rings. The molecule has 1 rings (SSSR count). The van der Waals surface area contributed by atoms with Crippen molar-refractivity contribution in [3.8, 4) is 5.88 Å². The van der Waals surface area contributed by atoms with E-state index in [-0.39, 0.29) is 0 Å². The summed E-state index contributed by atoms with van der Waals surface area (Å²) in [6.45, 7) is 2.51. The van der Waals surface area contributed by atoms with Gasteiger partial charge in [0.25, 0.3) is 5.88 Å². The van der Waals surface area contributed by atoms with Crippen molar-refractivity contribution < 1.29 is 9.26 Å². The van der Waals surface area contributed by atoms with Crippen molar-refractivity contribution in [2.45, 2.75) is 12.7 Å². The van der Waals surface area contributed by atoms with Crippen LogP contribution in [0.15, 0.2) is 10.6 Å². The molecule has 0 fully saturated rings. The molecule has 10 heavy (non-hydrogen) atoms. The molecule has 0 unspecified atom stereocenters. The Bertz CT molecular complexity index is 199. The lowest BCUT2D eigenvalue weighted by Crippen LogP contribution is -1.89. The van der Waals surface area contributed by atoms with Crippen molar-refractivity contribution in [1.82, 2.24) is 5.16 Å². The Morgan fingerprint density at radius 2 is 2.60 bits per heavy atom. The van der Waals surface area contributed by atoms with Gasteiger partial charge >= 0.3 is 0 Å². The summed E-state index contributed by atoms with van der Waals surface area (Å²) in [6.07, 6.45) is 0. The largest absolute Gasteiger partial charge is 0.476 e. The fourth-order valence-corrected chi connectivity index (χ4v) is 0.733. The maximum absolute atomic E-state index is 5.05.